The summed E-state index contributed by atoms with van der Waals surface area (Å²) in [5, 5.41) is 4.62. The van der Waals surface area contributed by atoms with Crippen molar-refractivity contribution < 1.29 is 13.2 Å². The fourth-order valence-corrected chi connectivity index (χ4v) is 5.41. The first-order valence-corrected chi connectivity index (χ1v) is 12.5. The number of piperidine rings is 1. The fourth-order valence-electron chi connectivity index (χ4n) is 4.08. The minimum atomic E-state index is -3.55. The zero-order valence-electron chi connectivity index (χ0n) is 18.8. The molecule has 1 saturated heterocycles. The van der Waals surface area contributed by atoms with Gasteiger partial charge in [-0.15, -0.1) is 0 Å². The summed E-state index contributed by atoms with van der Waals surface area (Å²) in [5.74, 6) is -0.0781. The average molecular weight is 465 g/mol. The SMILES string of the molecule is Cc1nn(-c2ccccc2)c(C)c1/C=C/C(=O)N1CCC(NS(=O)(=O)c2ccccc2)CC1. The van der Waals surface area contributed by atoms with E-state index in [4.69, 9.17) is 0 Å². The molecule has 172 valence electrons. The van der Waals surface area contributed by atoms with Crippen LogP contribution in [0.5, 0.6) is 0 Å². The Hall–Kier alpha value is -3.23. The summed E-state index contributed by atoms with van der Waals surface area (Å²) >= 11 is 0. The van der Waals surface area contributed by atoms with Gasteiger partial charge in [0.25, 0.3) is 0 Å². The number of hydrogen-bond acceptors (Lipinski definition) is 4. The van der Waals surface area contributed by atoms with E-state index in [0.717, 1.165) is 22.6 Å². The van der Waals surface area contributed by atoms with Crippen LogP contribution in [0.1, 0.15) is 29.8 Å². The van der Waals surface area contributed by atoms with Gasteiger partial charge < -0.3 is 4.90 Å². The highest BCUT2D eigenvalue weighted by Gasteiger charge is 2.26. The van der Waals surface area contributed by atoms with Gasteiger partial charge in [0.1, 0.15) is 0 Å². The molecular formula is C25H28N4O3S. The topological polar surface area (TPSA) is 84.3 Å². The molecule has 1 aliphatic heterocycles. The van der Waals surface area contributed by atoms with Crippen LogP contribution >= 0.6 is 0 Å². The average Bonchev–Trinajstić information content (AvgIpc) is 3.12. The van der Waals surface area contributed by atoms with E-state index in [9.17, 15) is 13.2 Å². The maximum absolute atomic E-state index is 12.8. The number of sulfonamides is 1. The summed E-state index contributed by atoms with van der Waals surface area (Å²) in [6.45, 7) is 4.93. The molecule has 1 amide bonds. The number of aromatic nitrogens is 2. The predicted octanol–water partition coefficient (Wildman–Crippen LogP) is 3.47. The van der Waals surface area contributed by atoms with Crippen LogP contribution in [-0.2, 0) is 14.8 Å². The summed E-state index contributed by atoms with van der Waals surface area (Å²) in [4.78, 5) is 14.8. The van der Waals surface area contributed by atoms with Gasteiger partial charge in [-0.25, -0.2) is 17.8 Å². The molecule has 33 heavy (non-hydrogen) atoms. The van der Waals surface area contributed by atoms with Crippen LogP contribution < -0.4 is 4.72 Å². The Bertz CT molecular complexity index is 1240. The predicted molar refractivity (Wildman–Crippen MR) is 128 cm³/mol. The normalized spacial score (nSPS) is 15.3. The number of nitrogens with one attached hydrogen (secondary N) is 1. The van der Waals surface area contributed by atoms with Gasteiger partial charge in [0.15, 0.2) is 0 Å². The number of hydrogen-bond donors (Lipinski definition) is 1. The molecule has 0 saturated carbocycles. The molecule has 0 unspecified atom stereocenters. The van der Waals surface area contributed by atoms with E-state index < -0.39 is 10.0 Å². The number of para-hydroxylation sites is 1. The minimum Gasteiger partial charge on any atom is -0.339 e. The highest BCUT2D eigenvalue weighted by atomic mass is 32.2. The van der Waals surface area contributed by atoms with Crippen molar-refractivity contribution in [3.8, 4) is 5.69 Å². The zero-order valence-corrected chi connectivity index (χ0v) is 19.6. The van der Waals surface area contributed by atoms with Crippen LogP contribution in [-0.4, -0.2) is 48.1 Å². The molecule has 2 aromatic carbocycles. The summed E-state index contributed by atoms with van der Waals surface area (Å²) in [6.07, 6.45) is 4.57. The van der Waals surface area contributed by atoms with Crippen LogP contribution in [0, 0.1) is 13.8 Å². The van der Waals surface area contributed by atoms with E-state index in [2.05, 4.69) is 9.82 Å². The Morgan fingerprint density at radius 2 is 1.61 bits per heavy atom. The van der Waals surface area contributed by atoms with Crippen LogP contribution in [0.3, 0.4) is 0 Å². The molecule has 0 aliphatic carbocycles. The third kappa shape index (κ3) is 5.23. The molecule has 0 bridgehead atoms. The molecular weight excluding hydrogens is 436 g/mol. The van der Waals surface area contributed by atoms with E-state index in [1.54, 1.807) is 41.3 Å². The molecule has 1 aliphatic rings. The summed E-state index contributed by atoms with van der Waals surface area (Å²) < 4.78 is 29.7. The number of rotatable bonds is 6. The van der Waals surface area contributed by atoms with Gasteiger partial charge in [0.05, 0.1) is 16.3 Å². The Morgan fingerprint density at radius 1 is 1.00 bits per heavy atom. The third-order valence-electron chi connectivity index (χ3n) is 5.92. The van der Waals surface area contributed by atoms with E-state index in [1.807, 2.05) is 54.9 Å². The number of aryl methyl sites for hydroxylation is 1. The summed E-state index contributed by atoms with van der Waals surface area (Å²) in [5.41, 5.74) is 3.73. The van der Waals surface area contributed by atoms with Crippen LogP contribution in [0.4, 0.5) is 0 Å². The molecule has 3 aromatic rings. The van der Waals surface area contributed by atoms with Crippen molar-refractivity contribution >= 4 is 22.0 Å². The van der Waals surface area contributed by atoms with Gasteiger partial charge in [-0.05, 0) is 57.0 Å². The van der Waals surface area contributed by atoms with Crippen LogP contribution in [0.15, 0.2) is 71.6 Å². The van der Waals surface area contributed by atoms with Gasteiger partial charge >= 0.3 is 0 Å². The van der Waals surface area contributed by atoms with E-state index in [1.165, 1.54) is 0 Å². The maximum atomic E-state index is 12.8. The van der Waals surface area contributed by atoms with Crippen molar-refractivity contribution in [1.29, 1.82) is 0 Å². The first-order valence-electron chi connectivity index (χ1n) is 11.0. The lowest BCUT2D eigenvalue weighted by Gasteiger charge is -2.31. The molecule has 0 spiro atoms. The molecule has 2 heterocycles. The molecule has 8 heteroatoms. The number of carbonyl (C=O) groups is 1. The second kappa shape index (κ2) is 9.72. The molecule has 1 fully saturated rings. The van der Waals surface area contributed by atoms with Crippen molar-refractivity contribution in [3.05, 3.63) is 83.7 Å². The number of benzene rings is 2. The van der Waals surface area contributed by atoms with Crippen molar-refractivity contribution in [2.45, 2.75) is 37.6 Å². The van der Waals surface area contributed by atoms with Gasteiger partial charge in [-0.3, -0.25) is 4.79 Å². The Kier molecular flexibility index (Phi) is 6.76. The van der Waals surface area contributed by atoms with Crippen LogP contribution in [0.2, 0.25) is 0 Å². The molecule has 4 rings (SSSR count). The number of amides is 1. The quantitative estimate of drug-likeness (QED) is 0.566. The Labute approximate surface area is 194 Å². The van der Waals surface area contributed by atoms with Gasteiger partial charge in [-0.1, -0.05) is 36.4 Å². The van der Waals surface area contributed by atoms with E-state index >= 15 is 0 Å². The maximum Gasteiger partial charge on any atom is 0.246 e. The van der Waals surface area contributed by atoms with Crippen molar-refractivity contribution in [1.82, 2.24) is 19.4 Å². The van der Waals surface area contributed by atoms with Gasteiger partial charge in [0.2, 0.25) is 15.9 Å². The fraction of sp³-hybridized carbons (Fsp3) is 0.280. The van der Waals surface area contributed by atoms with Gasteiger partial charge in [-0.2, -0.15) is 5.10 Å². The molecule has 7 nitrogen and oxygen atoms in total. The minimum absolute atomic E-state index is 0.0781. The molecule has 1 aromatic heterocycles. The molecule has 1 N–H and O–H groups in total. The molecule has 0 radical (unpaired) electrons. The van der Waals surface area contributed by atoms with Crippen molar-refractivity contribution in [2.24, 2.45) is 0 Å². The van der Waals surface area contributed by atoms with Gasteiger partial charge in [0, 0.05) is 36.5 Å². The first kappa shape index (κ1) is 22.9. The zero-order chi connectivity index (χ0) is 23.4. The largest absolute Gasteiger partial charge is 0.339 e. The van der Waals surface area contributed by atoms with E-state index in [-0.39, 0.29) is 16.8 Å². The monoisotopic (exact) mass is 464 g/mol. The number of likely N-dealkylation sites (tertiary alicyclic amines) is 1. The van der Waals surface area contributed by atoms with Crippen LogP contribution in [0.25, 0.3) is 11.8 Å². The lowest BCUT2D eigenvalue weighted by Crippen LogP contribution is -2.46. The van der Waals surface area contributed by atoms with Crippen molar-refractivity contribution in [3.63, 3.8) is 0 Å². The lowest BCUT2D eigenvalue weighted by atomic mass is 10.1. The third-order valence-corrected chi connectivity index (χ3v) is 7.46. The second-order valence-electron chi connectivity index (χ2n) is 8.20. The van der Waals surface area contributed by atoms with Crippen molar-refractivity contribution in [2.75, 3.05) is 13.1 Å². The Balaban J connectivity index is 1.37. The summed E-state index contributed by atoms with van der Waals surface area (Å²) in [6, 6.07) is 18.1. The highest BCUT2D eigenvalue weighted by molar-refractivity contribution is 7.89. The second-order valence-corrected chi connectivity index (χ2v) is 9.91. The Morgan fingerprint density at radius 3 is 2.24 bits per heavy atom. The standard InChI is InChI=1S/C25H28N4O3S/c1-19-24(20(2)29(26-19)22-9-5-3-6-10-22)13-14-25(30)28-17-15-21(16-18-28)27-33(31,32)23-11-7-4-8-12-23/h3-14,21,27H,15-18H2,1-2H3/b14-13+. The molecule has 0 atom stereocenters. The lowest BCUT2D eigenvalue weighted by molar-refractivity contribution is -0.126. The number of nitrogens with zero attached hydrogens (tertiary/aromatic N) is 3. The smallest absolute Gasteiger partial charge is 0.246 e. The summed E-state index contributed by atoms with van der Waals surface area (Å²) in [7, 11) is -3.55. The van der Waals surface area contributed by atoms with E-state index in [0.29, 0.717) is 25.9 Å². The number of carbonyl (C=O) groups excluding carboxylic acids is 1. The first-order chi connectivity index (χ1) is 15.8. The highest BCUT2D eigenvalue weighted by Crippen LogP contribution is 2.20.